The molecule has 1 saturated heterocycles. The normalized spacial score (nSPS) is 18.0. The summed E-state index contributed by atoms with van der Waals surface area (Å²) < 4.78 is 20.2. The Bertz CT molecular complexity index is 658. The minimum Gasteiger partial charge on any atom is -0.472 e. The SMILES string of the molecule is Cn1cc(C(=O)N2CCC(Oc3cccc(F)n3)C2)cn1. The molecule has 110 valence electrons. The fraction of sp³-hybridized carbons (Fsp3) is 0.357. The molecule has 7 heteroatoms. The van der Waals surface area contributed by atoms with E-state index >= 15 is 0 Å². The topological polar surface area (TPSA) is 60.2 Å². The molecule has 2 aromatic heterocycles. The zero-order valence-corrected chi connectivity index (χ0v) is 11.6. The second-order valence-corrected chi connectivity index (χ2v) is 4.98. The highest BCUT2D eigenvalue weighted by molar-refractivity contribution is 5.93. The summed E-state index contributed by atoms with van der Waals surface area (Å²) in [6.45, 7) is 1.07. The molecule has 1 aliphatic heterocycles. The number of aryl methyl sites for hydroxylation is 1. The Balaban J connectivity index is 1.61. The quantitative estimate of drug-likeness (QED) is 0.798. The van der Waals surface area contributed by atoms with E-state index in [0.717, 1.165) is 0 Å². The fourth-order valence-corrected chi connectivity index (χ4v) is 2.35. The minimum atomic E-state index is -0.575. The van der Waals surface area contributed by atoms with Crippen molar-refractivity contribution in [2.24, 2.45) is 7.05 Å². The molecule has 21 heavy (non-hydrogen) atoms. The van der Waals surface area contributed by atoms with Gasteiger partial charge in [-0.05, 0) is 6.07 Å². The average Bonchev–Trinajstić information content (AvgIpc) is 3.07. The van der Waals surface area contributed by atoms with Gasteiger partial charge in [0.2, 0.25) is 11.8 Å². The van der Waals surface area contributed by atoms with Crippen LogP contribution in [0.15, 0.2) is 30.6 Å². The molecule has 0 saturated carbocycles. The summed E-state index contributed by atoms with van der Waals surface area (Å²) >= 11 is 0. The molecule has 3 heterocycles. The van der Waals surface area contributed by atoms with Crippen LogP contribution in [0.5, 0.6) is 5.88 Å². The first kappa shape index (κ1) is 13.5. The molecule has 1 atom stereocenters. The molecule has 0 radical (unpaired) electrons. The number of halogens is 1. The Kier molecular flexibility index (Phi) is 3.55. The first-order valence-electron chi connectivity index (χ1n) is 6.69. The molecular weight excluding hydrogens is 275 g/mol. The van der Waals surface area contributed by atoms with Crippen LogP contribution in [-0.4, -0.2) is 44.8 Å². The van der Waals surface area contributed by atoms with Gasteiger partial charge in [-0.1, -0.05) is 6.07 Å². The van der Waals surface area contributed by atoms with Crippen LogP contribution in [0.4, 0.5) is 4.39 Å². The average molecular weight is 290 g/mol. The van der Waals surface area contributed by atoms with Crippen molar-refractivity contribution in [1.82, 2.24) is 19.7 Å². The van der Waals surface area contributed by atoms with Crippen LogP contribution in [-0.2, 0) is 7.05 Å². The van der Waals surface area contributed by atoms with Crippen molar-refractivity contribution >= 4 is 5.91 Å². The standard InChI is InChI=1S/C14H15FN4O2/c1-18-8-10(7-16-18)14(20)19-6-5-11(9-19)21-13-4-2-3-12(15)17-13/h2-4,7-8,11H,5-6,9H2,1H3. The van der Waals surface area contributed by atoms with Gasteiger partial charge in [0.25, 0.3) is 5.91 Å². The second kappa shape index (κ2) is 5.51. The van der Waals surface area contributed by atoms with E-state index in [4.69, 9.17) is 4.74 Å². The molecule has 0 N–H and O–H groups in total. The summed E-state index contributed by atoms with van der Waals surface area (Å²) in [5, 5.41) is 3.99. The maximum atomic E-state index is 13.0. The smallest absolute Gasteiger partial charge is 0.257 e. The van der Waals surface area contributed by atoms with Gasteiger partial charge in [-0.2, -0.15) is 14.5 Å². The molecule has 1 aliphatic rings. The molecule has 1 amide bonds. The number of ether oxygens (including phenoxy) is 1. The van der Waals surface area contributed by atoms with Crippen molar-refractivity contribution in [1.29, 1.82) is 0 Å². The number of hydrogen-bond donors (Lipinski definition) is 0. The number of rotatable bonds is 3. The Morgan fingerprint density at radius 2 is 2.33 bits per heavy atom. The molecule has 0 bridgehead atoms. The van der Waals surface area contributed by atoms with Crippen LogP contribution >= 0.6 is 0 Å². The summed E-state index contributed by atoms with van der Waals surface area (Å²) in [5.41, 5.74) is 0.557. The third kappa shape index (κ3) is 3.01. The van der Waals surface area contributed by atoms with Crippen molar-refractivity contribution < 1.29 is 13.9 Å². The number of carbonyl (C=O) groups excluding carboxylic acids is 1. The predicted molar refractivity (Wildman–Crippen MR) is 72.3 cm³/mol. The summed E-state index contributed by atoms with van der Waals surface area (Å²) in [6, 6.07) is 4.42. The summed E-state index contributed by atoms with van der Waals surface area (Å²) in [4.78, 5) is 17.6. The maximum absolute atomic E-state index is 13.0. The van der Waals surface area contributed by atoms with Crippen molar-refractivity contribution in [3.63, 3.8) is 0 Å². The molecular formula is C14H15FN4O2. The summed E-state index contributed by atoms with van der Waals surface area (Å²) in [6.07, 6.45) is 3.76. The first-order valence-corrected chi connectivity index (χ1v) is 6.69. The number of amides is 1. The highest BCUT2D eigenvalue weighted by Gasteiger charge is 2.29. The first-order chi connectivity index (χ1) is 10.1. The Morgan fingerprint density at radius 3 is 3.05 bits per heavy atom. The number of nitrogens with zero attached hydrogens (tertiary/aromatic N) is 4. The van der Waals surface area contributed by atoms with E-state index in [9.17, 15) is 9.18 Å². The highest BCUT2D eigenvalue weighted by atomic mass is 19.1. The van der Waals surface area contributed by atoms with Gasteiger partial charge in [-0.3, -0.25) is 9.48 Å². The Labute approximate surface area is 121 Å². The van der Waals surface area contributed by atoms with Gasteiger partial charge in [0.05, 0.1) is 18.3 Å². The van der Waals surface area contributed by atoms with E-state index in [1.165, 1.54) is 6.07 Å². The van der Waals surface area contributed by atoms with Gasteiger partial charge < -0.3 is 9.64 Å². The highest BCUT2D eigenvalue weighted by Crippen LogP contribution is 2.18. The van der Waals surface area contributed by atoms with Crippen LogP contribution in [0.2, 0.25) is 0 Å². The fourth-order valence-electron chi connectivity index (χ4n) is 2.35. The third-order valence-corrected chi connectivity index (χ3v) is 3.36. The second-order valence-electron chi connectivity index (χ2n) is 4.98. The van der Waals surface area contributed by atoms with Crippen molar-refractivity contribution in [3.05, 3.63) is 42.1 Å². The monoisotopic (exact) mass is 290 g/mol. The van der Waals surface area contributed by atoms with Gasteiger partial charge in [-0.15, -0.1) is 0 Å². The lowest BCUT2D eigenvalue weighted by Crippen LogP contribution is -2.30. The maximum Gasteiger partial charge on any atom is 0.257 e. The molecule has 0 aliphatic carbocycles. The molecule has 2 aromatic rings. The summed E-state index contributed by atoms with van der Waals surface area (Å²) in [5.74, 6) is -0.397. The minimum absolute atomic E-state index is 0.0681. The summed E-state index contributed by atoms with van der Waals surface area (Å²) in [7, 11) is 1.77. The Morgan fingerprint density at radius 1 is 1.48 bits per heavy atom. The van der Waals surface area contributed by atoms with E-state index in [2.05, 4.69) is 10.1 Å². The lowest BCUT2D eigenvalue weighted by atomic mass is 10.3. The van der Waals surface area contributed by atoms with Gasteiger partial charge in [0.15, 0.2) is 0 Å². The molecule has 0 spiro atoms. The molecule has 1 fully saturated rings. The number of likely N-dealkylation sites (tertiary alicyclic amines) is 1. The number of hydrogen-bond acceptors (Lipinski definition) is 4. The van der Waals surface area contributed by atoms with Crippen LogP contribution < -0.4 is 4.74 Å². The van der Waals surface area contributed by atoms with E-state index < -0.39 is 5.95 Å². The van der Waals surface area contributed by atoms with Gasteiger partial charge in [0.1, 0.15) is 6.10 Å². The molecule has 6 nitrogen and oxygen atoms in total. The molecule has 1 unspecified atom stereocenters. The zero-order chi connectivity index (χ0) is 14.8. The van der Waals surface area contributed by atoms with Gasteiger partial charge >= 0.3 is 0 Å². The third-order valence-electron chi connectivity index (χ3n) is 3.36. The molecule has 3 rings (SSSR count). The van der Waals surface area contributed by atoms with E-state index in [1.807, 2.05) is 0 Å². The zero-order valence-electron chi connectivity index (χ0n) is 11.6. The van der Waals surface area contributed by atoms with E-state index in [-0.39, 0.29) is 17.9 Å². The number of pyridine rings is 1. The van der Waals surface area contributed by atoms with Crippen LogP contribution in [0, 0.1) is 5.95 Å². The van der Waals surface area contributed by atoms with Crippen molar-refractivity contribution in [3.8, 4) is 5.88 Å². The van der Waals surface area contributed by atoms with Gasteiger partial charge in [-0.25, -0.2) is 0 Å². The van der Waals surface area contributed by atoms with Crippen LogP contribution in [0.3, 0.4) is 0 Å². The Hall–Kier alpha value is -2.44. The largest absolute Gasteiger partial charge is 0.472 e. The van der Waals surface area contributed by atoms with Gasteiger partial charge in [0, 0.05) is 32.3 Å². The number of carbonyl (C=O) groups is 1. The van der Waals surface area contributed by atoms with E-state index in [1.54, 1.807) is 41.2 Å². The van der Waals surface area contributed by atoms with Crippen LogP contribution in [0.1, 0.15) is 16.8 Å². The van der Waals surface area contributed by atoms with E-state index in [0.29, 0.717) is 25.1 Å². The molecule has 0 aromatic carbocycles. The van der Waals surface area contributed by atoms with Crippen LogP contribution in [0.25, 0.3) is 0 Å². The van der Waals surface area contributed by atoms with Crippen molar-refractivity contribution in [2.75, 3.05) is 13.1 Å². The lowest BCUT2D eigenvalue weighted by molar-refractivity contribution is 0.0771. The number of aromatic nitrogens is 3. The van der Waals surface area contributed by atoms with Crippen molar-refractivity contribution in [2.45, 2.75) is 12.5 Å². The lowest BCUT2D eigenvalue weighted by Gasteiger charge is -2.16. The predicted octanol–water partition coefficient (Wildman–Crippen LogP) is 1.25.